The number of primary amides is 1. The minimum Gasteiger partial charge on any atom is -0.480 e. The summed E-state index contributed by atoms with van der Waals surface area (Å²) in [6, 6.07) is -3.02. The molecule has 3 amide bonds. The quantitative estimate of drug-likeness (QED) is 0.141. The van der Waals surface area contributed by atoms with Gasteiger partial charge in [0.1, 0.15) is 12.1 Å². The van der Waals surface area contributed by atoms with Crippen molar-refractivity contribution in [1.29, 1.82) is 0 Å². The van der Waals surface area contributed by atoms with E-state index in [1.54, 1.807) is 0 Å². The van der Waals surface area contributed by atoms with Crippen LogP contribution in [0.2, 0.25) is 0 Å². The minimum absolute atomic E-state index is 0.140. The number of aliphatic carboxylic acids is 1. The van der Waals surface area contributed by atoms with Gasteiger partial charge in [-0.1, -0.05) is 6.42 Å². The second kappa shape index (κ2) is 14.8. The van der Waals surface area contributed by atoms with Gasteiger partial charge >= 0.3 is 5.97 Å². The summed E-state index contributed by atoms with van der Waals surface area (Å²) in [5.41, 5.74) is 21.7. The number of nitrogens with one attached hydrogen (secondary N) is 2. The van der Waals surface area contributed by atoms with Crippen molar-refractivity contribution in [1.82, 2.24) is 10.6 Å². The molecule has 11 N–H and O–H groups in total. The summed E-state index contributed by atoms with van der Waals surface area (Å²) in [5, 5.41) is 14.1. The lowest BCUT2D eigenvalue weighted by molar-refractivity contribution is -0.142. The molecule has 0 saturated heterocycles. The summed E-state index contributed by atoms with van der Waals surface area (Å²) in [5.74, 6) is -3.11. The Bertz CT molecular complexity index is 516. The smallest absolute Gasteiger partial charge is 0.326 e. The minimum atomic E-state index is -1.29. The molecule has 0 spiro atoms. The van der Waals surface area contributed by atoms with Crippen molar-refractivity contribution in [2.75, 3.05) is 13.1 Å². The highest BCUT2D eigenvalue weighted by Gasteiger charge is 2.27. The third kappa shape index (κ3) is 11.5. The van der Waals surface area contributed by atoms with Gasteiger partial charge in [-0.05, 0) is 51.6 Å². The molecule has 28 heavy (non-hydrogen) atoms. The normalized spacial score (nSPS) is 14.0. The molecule has 0 fully saturated rings. The van der Waals surface area contributed by atoms with E-state index < -0.39 is 41.8 Å². The van der Waals surface area contributed by atoms with Gasteiger partial charge in [-0.25, -0.2) is 4.79 Å². The molecule has 0 aliphatic carbocycles. The van der Waals surface area contributed by atoms with Gasteiger partial charge in [-0.2, -0.15) is 0 Å². The fourth-order valence-electron chi connectivity index (χ4n) is 2.50. The summed E-state index contributed by atoms with van der Waals surface area (Å²) in [7, 11) is 0. The Morgan fingerprint density at radius 3 is 1.82 bits per heavy atom. The molecule has 0 rings (SSSR count). The Kier molecular flexibility index (Phi) is 13.6. The number of hydrogen-bond donors (Lipinski definition) is 7. The number of carbonyl (C=O) groups is 4. The number of carbonyl (C=O) groups excluding carboxylic acids is 3. The first-order valence-corrected chi connectivity index (χ1v) is 9.50. The molecule has 0 aliphatic heterocycles. The molecule has 0 aromatic rings. The summed E-state index contributed by atoms with van der Waals surface area (Å²) in [6.07, 6.45) is 3.02. The number of carboxylic acid groups (broad SMARTS) is 1. The van der Waals surface area contributed by atoms with Crippen LogP contribution in [0, 0.1) is 0 Å². The zero-order valence-corrected chi connectivity index (χ0v) is 16.2. The summed E-state index contributed by atoms with van der Waals surface area (Å²) in [6.45, 7) is 0.928. The predicted molar refractivity (Wildman–Crippen MR) is 104 cm³/mol. The Hall–Kier alpha value is -2.24. The molecule has 0 saturated carbocycles. The number of amides is 3. The van der Waals surface area contributed by atoms with E-state index in [0.717, 1.165) is 6.42 Å². The molecular weight excluding hydrogens is 368 g/mol. The van der Waals surface area contributed by atoms with Gasteiger partial charge in [0.05, 0.1) is 6.04 Å². The molecule has 3 atom stereocenters. The molecule has 0 aliphatic rings. The van der Waals surface area contributed by atoms with Gasteiger partial charge in [-0.15, -0.1) is 0 Å². The topological polar surface area (TPSA) is 217 Å². The lowest BCUT2D eigenvalue weighted by Crippen LogP contribution is -2.54. The fourth-order valence-corrected chi connectivity index (χ4v) is 2.50. The number of carboxylic acids is 1. The van der Waals surface area contributed by atoms with E-state index in [1.807, 2.05) is 0 Å². The van der Waals surface area contributed by atoms with Crippen molar-refractivity contribution in [3.8, 4) is 0 Å². The Labute approximate surface area is 164 Å². The van der Waals surface area contributed by atoms with Crippen LogP contribution in [0.4, 0.5) is 0 Å². The first kappa shape index (κ1) is 25.8. The lowest BCUT2D eigenvalue weighted by Gasteiger charge is -2.23. The molecular formula is C17H34N6O5. The highest BCUT2D eigenvalue weighted by molar-refractivity contribution is 5.91. The molecule has 0 bridgehead atoms. The van der Waals surface area contributed by atoms with Crippen LogP contribution in [0.25, 0.3) is 0 Å². The summed E-state index contributed by atoms with van der Waals surface area (Å²) >= 11 is 0. The van der Waals surface area contributed by atoms with E-state index in [0.29, 0.717) is 38.8 Å². The van der Waals surface area contributed by atoms with E-state index >= 15 is 0 Å². The van der Waals surface area contributed by atoms with Crippen molar-refractivity contribution in [2.24, 2.45) is 22.9 Å². The van der Waals surface area contributed by atoms with E-state index in [1.165, 1.54) is 0 Å². The first-order valence-electron chi connectivity index (χ1n) is 9.50. The molecule has 11 nitrogen and oxygen atoms in total. The Balaban J connectivity index is 4.93. The van der Waals surface area contributed by atoms with Gasteiger partial charge in [0.2, 0.25) is 17.7 Å². The van der Waals surface area contributed by atoms with Crippen molar-refractivity contribution in [3.63, 3.8) is 0 Å². The number of unbranched alkanes of at least 4 members (excludes halogenated alkanes) is 2. The third-order valence-electron chi connectivity index (χ3n) is 4.18. The highest BCUT2D eigenvalue weighted by atomic mass is 16.4. The molecule has 0 unspecified atom stereocenters. The van der Waals surface area contributed by atoms with Crippen molar-refractivity contribution in [2.45, 2.75) is 69.5 Å². The summed E-state index contributed by atoms with van der Waals surface area (Å²) < 4.78 is 0. The lowest BCUT2D eigenvalue weighted by atomic mass is 10.0. The second-order valence-electron chi connectivity index (χ2n) is 6.64. The van der Waals surface area contributed by atoms with Crippen LogP contribution in [0.5, 0.6) is 0 Å². The van der Waals surface area contributed by atoms with Gasteiger partial charge in [0.25, 0.3) is 0 Å². The van der Waals surface area contributed by atoms with E-state index in [9.17, 15) is 24.3 Å². The van der Waals surface area contributed by atoms with Gasteiger partial charge in [-0.3, -0.25) is 14.4 Å². The van der Waals surface area contributed by atoms with Crippen LogP contribution < -0.4 is 33.6 Å². The van der Waals surface area contributed by atoms with Crippen LogP contribution in [-0.2, 0) is 19.2 Å². The maximum Gasteiger partial charge on any atom is 0.326 e. The fraction of sp³-hybridized carbons (Fsp3) is 0.765. The number of nitrogens with two attached hydrogens (primary N) is 4. The van der Waals surface area contributed by atoms with Crippen LogP contribution >= 0.6 is 0 Å². The van der Waals surface area contributed by atoms with E-state index in [2.05, 4.69) is 10.6 Å². The number of rotatable bonds is 16. The van der Waals surface area contributed by atoms with Crippen molar-refractivity contribution in [3.05, 3.63) is 0 Å². The maximum absolute atomic E-state index is 12.5. The average molecular weight is 402 g/mol. The molecule has 0 aromatic heterocycles. The first-order chi connectivity index (χ1) is 13.2. The van der Waals surface area contributed by atoms with Crippen LogP contribution in [0.15, 0.2) is 0 Å². The Morgan fingerprint density at radius 2 is 1.32 bits per heavy atom. The van der Waals surface area contributed by atoms with Crippen LogP contribution in [0.1, 0.15) is 51.4 Å². The maximum atomic E-state index is 12.5. The van der Waals surface area contributed by atoms with Gasteiger partial charge in [0, 0.05) is 6.42 Å². The monoisotopic (exact) mass is 402 g/mol. The van der Waals surface area contributed by atoms with E-state index in [4.69, 9.17) is 22.9 Å². The van der Waals surface area contributed by atoms with Gasteiger partial charge < -0.3 is 38.7 Å². The van der Waals surface area contributed by atoms with Crippen molar-refractivity contribution >= 4 is 23.7 Å². The average Bonchev–Trinajstić information content (AvgIpc) is 2.63. The second-order valence-corrected chi connectivity index (χ2v) is 6.64. The molecule has 162 valence electrons. The zero-order chi connectivity index (χ0) is 21.5. The molecule has 0 heterocycles. The SMILES string of the molecule is NCCCC[C@H](NC(=O)[C@@H](N)CCCCN)C(=O)N[C@@H](CCC(N)=O)C(=O)O. The van der Waals surface area contributed by atoms with Gasteiger partial charge in [0.15, 0.2) is 0 Å². The summed E-state index contributed by atoms with van der Waals surface area (Å²) in [4.78, 5) is 47.0. The predicted octanol–water partition coefficient (Wildman–Crippen LogP) is -2.11. The van der Waals surface area contributed by atoms with Crippen LogP contribution in [-0.4, -0.2) is 60.0 Å². The van der Waals surface area contributed by atoms with Crippen LogP contribution in [0.3, 0.4) is 0 Å². The Morgan fingerprint density at radius 1 is 0.786 bits per heavy atom. The largest absolute Gasteiger partial charge is 0.480 e. The molecule has 0 radical (unpaired) electrons. The van der Waals surface area contributed by atoms with Crippen molar-refractivity contribution < 1.29 is 24.3 Å². The zero-order valence-electron chi connectivity index (χ0n) is 16.2. The standard InChI is InChI=1S/C17H34N6O5/c18-9-3-1-5-11(20)15(25)22-12(6-2-4-10-19)16(26)23-13(17(27)28)7-8-14(21)24/h11-13H,1-10,18-20H2,(H2,21,24)(H,22,25)(H,23,26)(H,27,28)/t11-,12-,13-/m0/s1. The number of hydrogen-bond acceptors (Lipinski definition) is 7. The molecule has 11 heteroatoms. The van der Waals surface area contributed by atoms with E-state index in [-0.39, 0.29) is 19.3 Å². The highest BCUT2D eigenvalue weighted by Crippen LogP contribution is 2.06. The molecule has 0 aromatic carbocycles. The third-order valence-corrected chi connectivity index (χ3v) is 4.18.